The minimum Gasteiger partial charge on any atom is -0.507 e. The van der Waals surface area contributed by atoms with E-state index in [9.17, 15) is 15.0 Å². The highest BCUT2D eigenvalue weighted by Crippen LogP contribution is 2.36. The molecule has 0 bridgehead atoms. The van der Waals surface area contributed by atoms with Gasteiger partial charge in [0.2, 0.25) is 0 Å². The second kappa shape index (κ2) is 5.23. The molecule has 0 saturated carbocycles. The fraction of sp³-hybridized carbons (Fsp3) is 0. The first-order chi connectivity index (χ1) is 10.6. The number of phenols is 2. The third-order valence-electron chi connectivity index (χ3n) is 3.52. The quantitative estimate of drug-likeness (QED) is 0.560. The Bertz CT molecular complexity index is 921. The van der Waals surface area contributed by atoms with Gasteiger partial charge in [0.05, 0.1) is 17.2 Å². The van der Waals surface area contributed by atoms with E-state index >= 15 is 0 Å². The van der Waals surface area contributed by atoms with Gasteiger partial charge in [-0.1, -0.05) is 24.3 Å². The van der Waals surface area contributed by atoms with Crippen molar-refractivity contribution in [3.63, 3.8) is 0 Å². The first kappa shape index (κ1) is 13.7. The zero-order chi connectivity index (χ0) is 15.7. The zero-order valence-corrected chi connectivity index (χ0v) is 11.4. The van der Waals surface area contributed by atoms with Gasteiger partial charge in [0.25, 0.3) is 0 Å². The van der Waals surface area contributed by atoms with Crippen LogP contribution >= 0.6 is 0 Å². The second-order valence-corrected chi connectivity index (χ2v) is 4.86. The second-order valence-electron chi connectivity index (χ2n) is 4.86. The van der Waals surface area contributed by atoms with Crippen LogP contribution in [-0.4, -0.2) is 16.0 Å². The van der Waals surface area contributed by atoms with Crippen LogP contribution in [0.1, 0.15) is 21.5 Å². The zero-order valence-electron chi connectivity index (χ0n) is 11.4. The smallest absolute Gasteiger partial charge is 0.196 e. The molecule has 3 rings (SSSR count). The highest BCUT2D eigenvalue weighted by molar-refractivity contribution is 6.14. The summed E-state index contributed by atoms with van der Waals surface area (Å²) >= 11 is 0. The Balaban J connectivity index is 2.15. The predicted molar refractivity (Wildman–Crippen MR) is 81.9 cm³/mol. The Morgan fingerprint density at radius 3 is 2.23 bits per heavy atom. The van der Waals surface area contributed by atoms with Crippen molar-refractivity contribution in [1.29, 1.82) is 5.26 Å². The summed E-state index contributed by atoms with van der Waals surface area (Å²) in [5.41, 5.74) is 0.812. The fourth-order valence-electron chi connectivity index (χ4n) is 2.37. The molecule has 4 nitrogen and oxygen atoms in total. The van der Waals surface area contributed by atoms with Crippen molar-refractivity contribution in [3.8, 4) is 17.6 Å². The lowest BCUT2D eigenvalue weighted by atomic mass is 9.97. The van der Waals surface area contributed by atoms with Crippen molar-refractivity contribution < 1.29 is 15.0 Å². The number of rotatable bonds is 2. The number of benzene rings is 3. The van der Waals surface area contributed by atoms with Crippen LogP contribution in [0.25, 0.3) is 10.8 Å². The highest BCUT2D eigenvalue weighted by atomic mass is 16.3. The van der Waals surface area contributed by atoms with E-state index in [1.807, 2.05) is 6.07 Å². The molecule has 3 aromatic rings. The first-order valence-electron chi connectivity index (χ1n) is 6.60. The molecule has 0 spiro atoms. The number of carbonyl (C=O) groups excluding carboxylic acids is 1. The summed E-state index contributed by atoms with van der Waals surface area (Å²) < 4.78 is 0. The van der Waals surface area contributed by atoms with Crippen molar-refractivity contribution in [2.24, 2.45) is 0 Å². The SMILES string of the molecule is N#Cc1ccc(C(=O)c2cc(O)c3ccccc3c2O)cc1. The van der Waals surface area contributed by atoms with Crippen molar-refractivity contribution >= 4 is 16.6 Å². The maximum Gasteiger partial charge on any atom is 0.196 e. The maximum absolute atomic E-state index is 12.5. The maximum atomic E-state index is 12.5. The van der Waals surface area contributed by atoms with Crippen LogP contribution in [0.3, 0.4) is 0 Å². The van der Waals surface area contributed by atoms with Gasteiger partial charge in [0, 0.05) is 16.3 Å². The van der Waals surface area contributed by atoms with Crippen LogP contribution < -0.4 is 0 Å². The fourth-order valence-corrected chi connectivity index (χ4v) is 2.37. The largest absolute Gasteiger partial charge is 0.507 e. The lowest BCUT2D eigenvalue weighted by Gasteiger charge is -2.09. The average molecular weight is 289 g/mol. The topological polar surface area (TPSA) is 81.3 Å². The summed E-state index contributed by atoms with van der Waals surface area (Å²) in [5, 5.41) is 30.0. The van der Waals surface area contributed by atoms with Crippen molar-refractivity contribution in [1.82, 2.24) is 0 Å². The molecule has 0 amide bonds. The molecule has 2 N–H and O–H groups in total. The molecule has 0 atom stereocenters. The van der Waals surface area contributed by atoms with E-state index in [1.54, 1.807) is 24.3 Å². The van der Waals surface area contributed by atoms with Crippen LogP contribution in [0, 0.1) is 11.3 Å². The molecule has 0 fully saturated rings. The standard InChI is InChI=1S/C18H11NO3/c19-10-11-5-7-12(8-6-11)17(21)15-9-16(20)13-3-1-2-4-14(13)18(15)22/h1-9,20,22H. The number of hydrogen-bond acceptors (Lipinski definition) is 4. The lowest BCUT2D eigenvalue weighted by molar-refractivity contribution is 0.103. The summed E-state index contributed by atoms with van der Waals surface area (Å²) in [7, 11) is 0. The van der Waals surface area contributed by atoms with Crippen LogP contribution in [-0.2, 0) is 0 Å². The van der Waals surface area contributed by atoms with Gasteiger partial charge >= 0.3 is 0 Å². The normalized spacial score (nSPS) is 10.3. The molecule has 0 saturated heterocycles. The Morgan fingerprint density at radius 2 is 1.59 bits per heavy atom. The molecule has 3 aromatic carbocycles. The Morgan fingerprint density at radius 1 is 0.955 bits per heavy atom. The molecule has 0 aliphatic heterocycles. The lowest BCUT2D eigenvalue weighted by Crippen LogP contribution is -2.02. The van der Waals surface area contributed by atoms with Gasteiger partial charge in [-0.15, -0.1) is 0 Å². The monoisotopic (exact) mass is 289 g/mol. The minimum absolute atomic E-state index is 0.0286. The molecular weight excluding hydrogens is 278 g/mol. The number of fused-ring (bicyclic) bond motifs is 1. The Labute approximate surface area is 126 Å². The van der Waals surface area contributed by atoms with Crippen molar-refractivity contribution in [2.75, 3.05) is 0 Å². The summed E-state index contributed by atoms with van der Waals surface area (Å²) in [6.45, 7) is 0. The number of ketones is 1. The van der Waals surface area contributed by atoms with Gasteiger partial charge in [0.1, 0.15) is 11.5 Å². The van der Waals surface area contributed by atoms with Gasteiger partial charge in [-0.3, -0.25) is 4.79 Å². The minimum atomic E-state index is -0.414. The van der Waals surface area contributed by atoms with Gasteiger partial charge < -0.3 is 10.2 Å². The van der Waals surface area contributed by atoms with Crippen LogP contribution in [0.15, 0.2) is 54.6 Å². The third kappa shape index (κ3) is 2.15. The number of phenolic OH excluding ortho intramolecular Hbond substituents is 2. The van der Waals surface area contributed by atoms with E-state index < -0.39 is 5.78 Å². The molecule has 0 unspecified atom stereocenters. The Kier molecular flexibility index (Phi) is 3.24. The van der Waals surface area contributed by atoms with Gasteiger partial charge in [0.15, 0.2) is 5.78 Å². The summed E-state index contributed by atoms with van der Waals surface area (Å²) in [4.78, 5) is 12.5. The molecule has 0 heterocycles. The van der Waals surface area contributed by atoms with E-state index in [-0.39, 0.29) is 17.1 Å². The molecule has 106 valence electrons. The van der Waals surface area contributed by atoms with Crippen LogP contribution in [0.5, 0.6) is 11.5 Å². The molecular formula is C18H11NO3. The number of nitriles is 1. The molecule has 4 heteroatoms. The van der Waals surface area contributed by atoms with E-state index in [0.717, 1.165) is 0 Å². The van der Waals surface area contributed by atoms with Gasteiger partial charge in [-0.05, 0) is 30.3 Å². The summed E-state index contributed by atoms with van der Waals surface area (Å²) in [6.07, 6.45) is 0. The van der Waals surface area contributed by atoms with Gasteiger partial charge in [-0.25, -0.2) is 0 Å². The number of aromatic hydroxyl groups is 2. The third-order valence-corrected chi connectivity index (χ3v) is 3.52. The Hall–Kier alpha value is -3.32. The first-order valence-corrected chi connectivity index (χ1v) is 6.60. The van der Waals surface area contributed by atoms with Crippen molar-refractivity contribution in [3.05, 3.63) is 71.3 Å². The molecule has 0 aromatic heterocycles. The number of carbonyl (C=O) groups is 1. The molecule has 22 heavy (non-hydrogen) atoms. The van der Waals surface area contributed by atoms with Crippen molar-refractivity contribution in [2.45, 2.75) is 0 Å². The van der Waals surface area contributed by atoms with E-state index in [4.69, 9.17) is 5.26 Å². The van der Waals surface area contributed by atoms with E-state index in [0.29, 0.717) is 21.9 Å². The van der Waals surface area contributed by atoms with E-state index in [1.165, 1.54) is 30.3 Å². The van der Waals surface area contributed by atoms with Crippen LogP contribution in [0.2, 0.25) is 0 Å². The molecule has 0 aliphatic carbocycles. The average Bonchev–Trinajstić information content (AvgIpc) is 2.57. The number of hydrogen-bond donors (Lipinski definition) is 2. The highest BCUT2D eigenvalue weighted by Gasteiger charge is 2.18. The predicted octanol–water partition coefficient (Wildman–Crippen LogP) is 3.35. The van der Waals surface area contributed by atoms with E-state index in [2.05, 4.69) is 0 Å². The van der Waals surface area contributed by atoms with Crippen LogP contribution in [0.4, 0.5) is 0 Å². The summed E-state index contributed by atoms with van der Waals surface area (Å²) in [5.74, 6) is -0.642. The summed E-state index contributed by atoms with van der Waals surface area (Å²) in [6, 6.07) is 16.1. The molecule has 0 aliphatic rings. The molecule has 0 radical (unpaired) electrons. The number of nitrogens with zero attached hydrogens (tertiary/aromatic N) is 1. The van der Waals surface area contributed by atoms with Gasteiger partial charge in [-0.2, -0.15) is 5.26 Å².